The van der Waals surface area contributed by atoms with Crippen LogP contribution in [0.15, 0.2) is 60.7 Å². The van der Waals surface area contributed by atoms with E-state index in [4.69, 9.17) is 20.3 Å². The first kappa shape index (κ1) is 24.3. The van der Waals surface area contributed by atoms with Crippen molar-refractivity contribution in [3.63, 3.8) is 0 Å². The molecule has 2 rings (SSSR count). The Morgan fingerprint density at radius 2 is 1.41 bits per heavy atom. The number of hydrogen-bond acceptors (Lipinski definition) is 6. The number of ether oxygens (including phenoxy) is 2. The number of carboxylic acids is 1. The van der Waals surface area contributed by atoms with E-state index in [0.29, 0.717) is 0 Å². The minimum atomic E-state index is -1.98. The van der Waals surface area contributed by atoms with E-state index < -0.39 is 29.6 Å². The minimum Gasteiger partial charge on any atom is -0.479 e. The third-order valence-electron chi connectivity index (χ3n) is 3.82. The number of methoxy groups -OCH3 is 1. The van der Waals surface area contributed by atoms with E-state index >= 15 is 0 Å². The summed E-state index contributed by atoms with van der Waals surface area (Å²) in [6.45, 7) is 4.38. The predicted octanol–water partition coefficient (Wildman–Crippen LogP) is 2.66. The first-order chi connectivity index (χ1) is 13.7. The van der Waals surface area contributed by atoms with Crippen molar-refractivity contribution in [3.05, 3.63) is 60.7 Å². The Hall–Kier alpha value is -2.74. The highest BCUT2D eigenvalue weighted by atomic mass is 16.6. The van der Waals surface area contributed by atoms with Crippen LogP contribution in [-0.4, -0.2) is 48.6 Å². The van der Waals surface area contributed by atoms with Gasteiger partial charge in [-0.2, -0.15) is 0 Å². The van der Waals surface area contributed by atoms with E-state index in [1.165, 1.54) is 18.2 Å². The Morgan fingerprint density at radius 3 is 1.72 bits per heavy atom. The van der Waals surface area contributed by atoms with Gasteiger partial charge < -0.3 is 20.3 Å². The maximum absolute atomic E-state index is 11.9. The van der Waals surface area contributed by atoms with Crippen molar-refractivity contribution >= 4 is 11.9 Å². The number of carbonyl (C=O) groups is 2. The molecular weight excluding hydrogens is 372 g/mol. The SMILES string of the molecule is COCNC(CN)(C(=O)O)C(=O)OC(C)(C)C.c1ccc(-c2ccccc2)cc1. The molecule has 0 heterocycles. The van der Waals surface area contributed by atoms with Gasteiger partial charge in [0.1, 0.15) is 5.60 Å². The minimum absolute atomic E-state index is 0.122. The Labute approximate surface area is 171 Å². The highest BCUT2D eigenvalue weighted by Gasteiger charge is 2.47. The van der Waals surface area contributed by atoms with E-state index in [2.05, 4.69) is 53.8 Å². The molecule has 7 nitrogen and oxygen atoms in total. The van der Waals surface area contributed by atoms with Crippen LogP contribution in [0.5, 0.6) is 0 Å². The van der Waals surface area contributed by atoms with Crippen LogP contribution in [0, 0.1) is 0 Å². The van der Waals surface area contributed by atoms with Gasteiger partial charge in [0, 0.05) is 13.7 Å². The van der Waals surface area contributed by atoms with Crippen LogP contribution in [-0.2, 0) is 19.1 Å². The summed E-state index contributed by atoms with van der Waals surface area (Å²) in [6, 6.07) is 20.8. The lowest BCUT2D eigenvalue weighted by Gasteiger charge is -2.30. The van der Waals surface area contributed by atoms with Crippen molar-refractivity contribution in [2.75, 3.05) is 20.4 Å². The summed E-state index contributed by atoms with van der Waals surface area (Å²) >= 11 is 0. The van der Waals surface area contributed by atoms with E-state index in [-0.39, 0.29) is 6.73 Å². The number of benzene rings is 2. The molecule has 0 aromatic heterocycles. The van der Waals surface area contributed by atoms with Crippen molar-refractivity contribution in [3.8, 4) is 11.1 Å². The van der Waals surface area contributed by atoms with Crippen molar-refractivity contribution in [2.45, 2.75) is 31.9 Å². The third-order valence-corrected chi connectivity index (χ3v) is 3.82. The van der Waals surface area contributed by atoms with E-state index in [1.54, 1.807) is 20.8 Å². The van der Waals surface area contributed by atoms with Gasteiger partial charge in [-0.25, -0.2) is 9.59 Å². The Bertz CT molecular complexity index is 722. The van der Waals surface area contributed by atoms with Crippen LogP contribution >= 0.6 is 0 Å². The maximum Gasteiger partial charge on any atom is 0.340 e. The molecule has 0 aliphatic heterocycles. The molecule has 0 fully saturated rings. The van der Waals surface area contributed by atoms with Crippen LogP contribution in [0.3, 0.4) is 0 Å². The number of rotatable bonds is 7. The van der Waals surface area contributed by atoms with Gasteiger partial charge in [-0.1, -0.05) is 60.7 Å². The topological polar surface area (TPSA) is 111 Å². The molecule has 0 saturated heterocycles. The largest absolute Gasteiger partial charge is 0.479 e. The number of nitrogens with two attached hydrogens (primary N) is 1. The molecule has 29 heavy (non-hydrogen) atoms. The molecule has 0 amide bonds. The molecule has 0 bridgehead atoms. The summed E-state index contributed by atoms with van der Waals surface area (Å²) in [6.07, 6.45) is 0. The van der Waals surface area contributed by atoms with Gasteiger partial charge in [-0.05, 0) is 31.9 Å². The Kier molecular flexibility index (Phi) is 9.47. The average Bonchev–Trinajstić information content (AvgIpc) is 2.69. The molecule has 0 radical (unpaired) electrons. The fourth-order valence-corrected chi connectivity index (χ4v) is 2.30. The molecule has 0 saturated carbocycles. The smallest absolute Gasteiger partial charge is 0.340 e. The van der Waals surface area contributed by atoms with Crippen molar-refractivity contribution in [1.82, 2.24) is 5.32 Å². The normalized spacial score (nSPS) is 12.9. The summed E-state index contributed by atoms with van der Waals surface area (Å²) in [5.41, 5.74) is 5.15. The molecule has 1 unspecified atom stereocenters. The quantitative estimate of drug-likeness (QED) is 0.371. The number of carbonyl (C=O) groups excluding carboxylic acids is 1. The highest BCUT2D eigenvalue weighted by molar-refractivity contribution is 6.04. The van der Waals surface area contributed by atoms with Gasteiger partial charge in [0.05, 0.1) is 6.73 Å². The zero-order chi connectivity index (χ0) is 21.9. The van der Waals surface area contributed by atoms with Gasteiger partial charge >= 0.3 is 11.9 Å². The zero-order valence-corrected chi connectivity index (χ0v) is 17.3. The second-order valence-electron chi connectivity index (χ2n) is 7.26. The van der Waals surface area contributed by atoms with Crippen LogP contribution in [0.25, 0.3) is 11.1 Å². The monoisotopic (exact) mass is 402 g/mol. The fourth-order valence-electron chi connectivity index (χ4n) is 2.30. The molecule has 0 aliphatic carbocycles. The standard InChI is InChI=1S/C12H10.C10H20N2O5/c1-3-7-11(8-4-1)12-9-5-2-6-10-12;1-9(2,3)17-8(15)10(5-11,7(13)14)12-6-16-4/h1-10H;12H,5-6,11H2,1-4H3,(H,13,14). The van der Waals surface area contributed by atoms with Gasteiger partial charge in [0.25, 0.3) is 0 Å². The average molecular weight is 402 g/mol. The number of hydrogen-bond donors (Lipinski definition) is 3. The maximum atomic E-state index is 11.9. The Morgan fingerprint density at radius 1 is 0.966 bits per heavy atom. The molecular formula is C22H30N2O5. The Balaban J connectivity index is 0.000000304. The molecule has 4 N–H and O–H groups in total. The van der Waals surface area contributed by atoms with E-state index in [9.17, 15) is 9.59 Å². The van der Waals surface area contributed by atoms with Gasteiger partial charge in [0.2, 0.25) is 5.54 Å². The fraction of sp³-hybridized carbons (Fsp3) is 0.364. The predicted molar refractivity (Wildman–Crippen MR) is 112 cm³/mol. The number of nitrogens with one attached hydrogen (secondary N) is 1. The number of aliphatic carboxylic acids is 1. The lowest BCUT2D eigenvalue weighted by Crippen LogP contribution is -2.64. The van der Waals surface area contributed by atoms with Gasteiger partial charge in [-0.3, -0.25) is 5.32 Å². The number of carboxylic acid groups (broad SMARTS) is 1. The molecule has 0 aliphatic rings. The second-order valence-corrected chi connectivity index (χ2v) is 7.26. The summed E-state index contributed by atoms with van der Waals surface area (Å²) in [5, 5.41) is 11.6. The summed E-state index contributed by atoms with van der Waals surface area (Å²) in [4.78, 5) is 23.0. The highest BCUT2D eigenvalue weighted by Crippen LogP contribution is 2.17. The van der Waals surface area contributed by atoms with Crippen LogP contribution in [0.1, 0.15) is 20.8 Å². The van der Waals surface area contributed by atoms with Crippen molar-refractivity contribution in [2.24, 2.45) is 5.73 Å². The van der Waals surface area contributed by atoms with E-state index in [1.807, 2.05) is 12.1 Å². The van der Waals surface area contributed by atoms with Gasteiger partial charge in [0.15, 0.2) is 0 Å². The van der Waals surface area contributed by atoms with Crippen molar-refractivity contribution < 1.29 is 24.2 Å². The number of esters is 1. The molecule has 158 valence electrons. The summed E-state index contributed by atoms with van der Waals surface area (Å²) in [5.74, 6) is -2.33. The lowest BCUT2D eigenvalue weighted by molar-refractivity contribution is -0.171. The van der Waals surface area contributed by atoms with Crippen LogP contribution in [0.2, 0.25) is 0 Å². The lowest BCUT2D eigenvalue weighted by atomic mass is 10.00. The summed E-state index contributed by atoms with van der Waals surface area (Å²) in [7, 11) is 1.37. The summed E-state index contributed by atoms with van der Waals surface area (Å²) < 4.78 is 9.73. The first-order valence-electron chi connectivity index (χ1n) is 9.17. The van der Waals surface area contributed by atoms with Crippen LogP contribution in [0.4, 0.5) is 0 Å². The van der Waals surface area contributed by atoms with Crippen LogP contribution < -0.4 is 11.1 Å². The van der Waals surface area contributed by atoms with Crippen molar-refractivity contribution in [1.29, 1.82) is 0 Å². The molecule has 1 atom stereocenters. The first-order valence-corrected chi connectivity index (χ1v) is 9.17. The van der Waals surface area contributed by atoms with Gasteiger partial charge in [-0.15, -0.1) is 0 Å². The molecule has 2 aromatic carbocycles. The van der Waals surface area contributed by atoms with E-state index in [0.717, 1.165) is 0 Å². The molecule has 7 heteroatoms. The second kappa shape index (κ2) is 11.3. The molecule has 2 aromatic rings. The zero-order valence-electron chi connectivity index (χ0n) is 17.3. The third kappa shape index (κ3) is 7.65. The molecule has 0 spiro atoms.